The fourth-order valence-electron chi connectivity index (χ4n) is 1.75. The topological polar surface area (TPSA) is 70.7 Å². The molecule has 0 bridgehead atoms. The molecule has 0 unspecified atom stereocenters. The molecule has 0 atom stereocenters. The summed E-state index contributed by atoms with van der Waals surface area (Å²) in [5, 5.41) is 26.4. The Morgan fingerprint density at radius 1 is 1.16 bits per heavy atom. The maximum atomic E-state index is 9.81. The second kappa shape index (κ2) is 4.74. The van der Waals surface area contributed by atoms with Crippen molar-refractivity contribution in [2.45, 2.75) is 6.92 Å². The van der Waals surface area contributed by atoms with E-state index in [0.29, 0.717) is 5.69 Å². The zero-order chi connectivity index (χ0) is 13.2. The molecule has 0 amide bonds. The lowest BCUT2D eigenvalue weighted by molar-refractivity contribution is 0.482. The predicted molar refractivity (Wildman–Crippen MR) is 74.4 cm³/mol. The van der Waals surface area contributed by atoms with Crippen molar-refractivity contribution in [3.63, 3.8) is 0 Å². The molecule has 2 aromatic heterocycles. The minimum absolute atomic E-state index is 0.267. The lowest BCUT2D eigenvalue weighted by Gasteiger charge is -1.97. The first kappa shape index (κ1) is 11.7. The molecule has 3 aromatic rings. The molecule has 0 radical (unpaired) electrons. The highest BCUT2D eigenvalue weighted by Crippen LogP contribution is 2.39. The van der Waals surface area contributed by atoms with Crippen LogP contribution < -0.4 is 0 Å². The Hall–Kier alpha value is -2.34. The standard InChI is InChI=1S/C13H10N4OS/c1-8-6-10-12(18)3-2-11(13(10)19-8)17-16-9-4-5-14-15-7-9/h2-7,18H,1H3/b17-16+. The fourth-order valence-corrected chi connectivity index (χ4v) is 2.74. The van der Waals surface area contributed by atoms with Crippen molar-refractivity contribution >= 4 is 32.8 Å². The van der Waals surface area contributed by atoms with E-state index in [1.165, 1.54) is 0 Å². The van der Waals surface area contributed by atoms with Crippen LogP contribution in [0.5, 0.6) is 5.75 Å². The van der Waals surface area contributed by atoms with Gasteiger partial charge < -0.3 is 5.11 Å². The van der Waals surface area contributed by atoms with Gasteiger partial charge in [-0.15, -0.1) is 21.6 Å². The van der Waals surface area contributed by atoms with Crippen LogP contribution in [0.2, 0.25) is 0 Å². The van der Waals surface area contributed by atoms with Gasteiger partial charge in [-0.05, 0) is 31.2 Å². The van der Waals surface area contributed by atoms with Crippen LogP contribution in [0.1, 0.15) is 4.88 Å². The molecule has 0 fully saturated rings. The van der Waals surface area contributed by atoms with E-state index in [2.05, 4.69) is 20.4 Å². The third kappa shape index (κ3) is 2.30. The third-order valence-electron chi connectivity index (χ3n) is 2.60. The van der Waals surface area contributed by atoms with Gasteiger partial charge in [0.2, 0.25) is 0 Å². The van der Waals surface area contributed by atoms with E-state index in [4.69, 9.17) is 0 Å². The second-order valence-electron chi connectivity index (χ2n) is 4.00. The molecule has 5 nitrogen and oxygen atoms in total. The molecule has 0 aliphatic rings. The summed E-state index contributed by atoms with van der Waals surface area (Å²) in [4.78, 5) is 1.12. The number of phenols is 1. The summed E-state index contributed by atoms with van der Waals surface area (Å²) in [5.74, 6) is 0.267. The molecular formula is C13H10N4OS. The second-order valence-corrected chi connectivity index (χ2v) is 5.26. The summed E-state index contributed by atoms with van der Waals surface area (Å²) in [6.45, 7) is 2.00. The summed E-state index contributed by atoms with van der Waals surface area (Å²) in [6, 6.07) is 7.06. The number of nitrogens with zero attached hydrogens (tertiary/aromatic N) is 4. The molecular weight excluding hydrogens is 260 g/mol. The van der Waals surface area contributed by atoms with Gasteiger partial charge >= 0.3 is 0 Å². The molecule has 0 saturated heterocycles. The van der Waals surface area contributed by atoms with Crippen LogP contribution in [0, 0.1) is 6.92 Å². The molecule has 94 valence electrons. The number of aryl methyl sites for hydroxylation is 1. The lowest BCUT2D eigenvalue weighted by Crippen LogP contribution is -1.74. The number of benzene rings is 1. The number of thiophene rings is 1. The third-order valence-corrected chi connectivity index (χ3v) is 3.68. The van der Waals surface area contributed by atoms with Gasteiger partial charge in [0.1, 0.15) is 17.1 Å². The van der Waals surface area contributed by atoms with Crippen molar-refractivity contribution in [3.8, 4) is 5.75 Å². The average Bonchev–Trinajstić information content (AvgIpc) is 2.82. The van der Waals surface area contributed by atoms with Gasteiger partial charge in [0, 0.05) is 10.3 Å². The molecule has 0 aliphatic carbocycles. The summed E-state index contributed by atoms with van der Waals surface area (Å²) in [5.41, 5.74) is 1.38. The van der Waals surface area contributed by atoms with Crippen molar-refractivity contribution in [3.05, 3.63) is 41.5 Å². The average molecular weight is 270 g/mol. The Morgan fingerprint density at radius 3 is 2.84 bits per heavy atom. The molecule has 0 spiro atoms. The van der Waals surface area contributed by atoms with Crippen molar-refractivity contribution < 1.29 is 5.11 Å². The number of fused-ring (bicyclic) bond motifs is 1. The largest absolute Gasteiger partial charge is 0.507 e. The zero-order valence-electron chi connectivity index (χ0n) is 10.1. The zero-order valence-corrected chi connectivity index (χ0v) is 10.9. The predicted octanol–water partition coefficient (Wildman–Crippen LogP) is 4.12. The summed E-state index contributed by atoms with van der Waals surface area (Å²) < 4.78 is 0.934. The number of hydrogen-bond donors (Lipinski definition) is 1. The lowest BCUT2D eigenvalue weighted by atomic mass is 10.2. The van der Waals surface area contributed by atoms with E-state index in [0.717, 1.165) is 20.7 Å². The molecule has 0 saturated carbocycles. The van der Waals surface area contributed by atoms with Gasteiger partial charge in [0.25, 0.3) is 0 Å². The first-order chi connectivity index (χ1) is 9.24. The van der Waals surface area contributed by atoms with Gasteiger partial charge in [-0.3, -0.25) is 0 Å². The van der Waals surface area contributed by atoms with Crippen molar-refractivity contribution in [2.24, 2.45) is 10.2 Å². The molecule has 1 N–H and O–H groups in total. The Balaban J connectivity index is 2.06. The Labute approximate surface area is 113 Å². The minimum Gasteiger partial charge on any atom is -0.507 e. The maximum Gasteiger partial charge on any atom is 0.124 e. The molecule has 19 heavy (non-hydrogen) atoms. The first-order valence-corrected chi connectivity index (χ1v) is 6.46. The fraction of sp³-hybridized carbons (Fsp3) is 0.0769. The van der Waals surface area contributed by atoms with Crippen molar-refractivity contribution in [2.75, 3.05) is 0 Å². The van der Waals surface area contributed by atoms with Crippen LogP contribution in [0.3, 0.4) is 0 Å². The monoisotopic (exact) mass is 270 g/mol. The van der Waals surface area contributed by atoms with Gasteiger partial charge in [0.05, 0.1) is 17.1 Å². The van der Waals surface area contributed by atoms with E-state index < -0.39 is 0 Å². The summed E-state index contributed by atoms with van der Waals surface area (Å²) >= 11 is 1.59. The smallest absolute Gasteiger partial charge is 0.124 e. The van der Waals surface area contributed by atoms with E-state index in [9.17, 15) is 5.11 Å². The number of rotatable bonds is 2. The van der Waals surface area contributed by atoms with Gasteiger partial charge in [-0.2, -0.15) is 10.2 Å². The van der Waals surface area contributed by atoms with Crippen LogP contribution >= 0.6 is 11.3 Å². The molecule has 3 rings (SSSR count). The number of aromatic nitrogens is 2. The molecule has 6 heteroatoms. The highest BCUT2D eigenvalue weighted by Gasteiger charge is 2.08. The molecule has 0 aliphatic heterocycles. The van der Waals surface area contributed by atoms with Crippen molar-refractivity contribution in [1.82, 2.24) is 10.2 Å². The quantitative estimate of drug-likeness (QED) is 0.712. The van der Waals surface area contributed by atoms with Gasteiger partial charge in [0.15, 0.2) is 0 Å². The number of hydrogen-bond acceptors (Lipinski definition) is 6. The highest BCUT2D eigenvalue weighted by atomic mass is 32.1. The van der Waals surface area contributed by atoms with Gasteiger partial charge in [-0.1, -0.05) is 0 Å². The van der Waals surface area contributed by atoms with E-state index in [-0.39, 0.29) is 5.75 Å². The van der Waals surface area contributed by atoms with Crippen LogP contribution in [0.4, 0.5) is 11.4 Å². The van der Waals surface area contributed by atoms with Crippen LogP contribution in [-0.4, -0.2) is 15.3 Å². The summed E-state index contributed by atoms with van der Waals surface area (Å²) in [6.07, 6.45) is 3.11. The minimum atomic E-state index is 0.267. The van der Waals surface area contributed by atoms with Crippen LogP contribution in [-0.2, 0) is 0 Å². The highest BCUT2D eigenvalue weighted by molar-refractivity contribution is 7.19. The Morgan fingerprint density at radius 2 is 2.05 bits per heavy atom. The van der Waals surface area contributed by atoms with E-state index >= 15 is 0 Å². The van der Waals surface area contributed by atoms with Crippen LogP contribution in [0.15, 0.2) is 46.9 Å². The van der Waals surface area contributed by atoms with E-state index in [1.54, 1.807) is 41.9 Å². The van der Waals surface area contributed by atoms with Gasteiger partial charge in [-0.25, -0.2) is 0 Å². The number of azo groups is 1. The Bertz CT molecular complexity index is 752. The normalized spacial score (nSPS) is 11.4. The van der Waals surface area contributed by atoms with E-state index in [1.807, 2.05) is 13.0 Å². The van der Waals surface area contributed by atoms with Crippen molar-refractivity contribution in [1.29, 1.82) is 0 Å². The SMILES string of the molecule is Cc1cc2c(O)ccc(/N=N/c3ccnnc3)c2s1. The maximum absolute atomic E-state index is 9.81. The molecule has 2 heterocycles. The molecule has 1 aromatic carbocycles. The Kier molecular flexibility index (Phi) is 2.92. The number of aromatic hydroxyl groups is 1. The van der Waals surface area contributed by atoms with Crippen LogP contribution in [0.25, 0.3) is 10.1 Å². The first-order valence-electron chi connectivity index (χ1n) is 5.64. The number of phenolic OH excluding ortho intramolecular Hbond substituents is 1. The summed E-state index contributed by atoms with van der Waals surface area (Å²) in [7, 11) is 0.